The Balaban J connectivity index is 1.96. The first-order valence-electron chi connectivity index (χ1n) is 9.43. The van der Waals surface area contributed by atoms with Crippen LogP contribution in [0.3, 0.4) is 0 Å². The summed E-state index contributed by atoms with van der Waals surface area (Å²) in [4.78, 5) is 25.4. The second-order valence-electron chi connectivity index (χ2n) is 7.44. The first-order valence-corrected chi connectivity index (χ1v) is 9.43. The van der Waals surface area contributed by atoms with Gasteiger partial charge in [-0.3, -0.25) is 4.79 Å². The van der Waals surface area contributed by atoms with Gasteiger partial charge in [0, 0.05) is 25.3 Å². The highest BCUT2D eigenvalue weighted by Gasteiger charge is 2.35. The molecule has 2 aromatic rings. The zero-order valence-electron chi connectivity index (χ0n) is 17.1. The first kappa shape index (κ1) is 19.7. The van der Waals surface area contributed by atoms with Gasteiger partial charge in [-0.2, -0.15) is 4.98 Å². The molecule has 1 amide bonds. The largest absolute Gasteiger partial charge is 0.494 e. The number of benzene rings is 1. The molecular weight excluding hydrogens is 356 g/mol. The van der Waals surface area contributed by atoms with Gasteiger partial charge in [0.25, 0.3) is 0 Å². The number of amides is 1. The molecule has 1 aromatic heterocycles. The van der Waals surface area contributed by atoms with E-state index in [-0.39, 0.29) is 11.9 Å². The molecular formula is C20H28N6O2. The van der Waals surface area contributed by atoms with Crippen LogP contribution < -0.4 is 25.6 Å². The first-order chi connectivity index (χ1) is 13.3. The number of likely N-dealkylation sites (N-methyl/N-ethyl adjacent to an activating group) is 1. The van der Waals surface area contributed by atoms with Crippen molar-refractivity contribution in [1.82, 2.24) is 9.97 Å². The van der Waals surface area contributed by atoms with Crippen molar-refractivity contribution in [2.45, 2.75) is 33.2 Å². The quantitative estimate of drug-likeness (QED) is 0.739. The number of rotatable bonds is 6. The summed E-state index contributed by atoms with van der Waals surface area (Å²) in [6, 6.07) is 5.08. The van der Waals surface area contributed by atoms with Gasteiger partial charge in [-0.05, 0) is 31.4 Å². The topological polar surface area (TPSA) is 96.6 Å². The number of nitrogens with one attached hydrogen (secondary N) is 1. The van der Waals surface area contributed by atoms with Crippen molar-refractivity contribution in [3.63, 3.8) is 0 Å². The lowest BCUT2D eigenvalue weighted by Gasteiger charge is -2.39. The fourth-order valence-corrected chi connectivity index (χ4v) is 3.22. The molecule has 28 heavy (non-hydrogen) atoms. The molecule has 150 valence electrons. The number of carbonyl (C=O) groups is 1. The summed E-state index contributed by atoms with van der Waals surface area (Å²) in [6.45, 7) is 7.01. The molecule has 0 radical (unpaired) electrons. The standard InChI is InChI=1S/C20H28N6O2/c1-12(2)8-9-26-13(3)19(27)25(4)16-11-22-20(24-18(16)26)23-15-7-6-14(21)10-17(15)28-5/h6-7,10-13H,8-9,21H2,1-5H3,(H,22,23,24)/t13-/m1/s1. The molecule has 1 aliphatic heterocycles. The third kappa shape index (κ3) is 3.81. The highest BCUT2D eigenvalue weighted by atomic mass is 16.5. The number of nitrogens with zero attached hydrogens (tertiary/aromatic N) is 4. The predicted octanol–water partition coefficient (Wildman–Crippen LogP) is 3.03. The van der Waals surface area contributed by atoms with Crippen LogP contribution in [0.2, 0.25) is 0 Å². The Morgan fingerprint density at radius 3 is 2.79 bits per heavy atom. The summed E-state index contributed by atoms with van der Waals surface area (Å²) in [6.07, 6.45) is 2.65. The highest BCUT2D eigenvalue weighted by Crippen LogP contribution is 2.35. The van der Waals surface area contributed by atoms with E-state index < -0.39 is 0 Å². The lowest BCUT2D eigenvalue weighted by Crippen LogP contribution is -2.51. The Morgan fingerprint density at radius 1 is 1.36 bits per heavy atom. The van der Waals surface area contributed by atoms with Gasteiger partial charge in [0.1, 0.15) is 17.5 Å². The van der Waals surface area contributed by atoms with Crippen molar-refractivity contribution in [3.05, 3.63) is 24.4 Å². The van der Waals surface area contributed by atoms with Crippen molar-refractivity contribution in [3.8, 4) is 5.75 Å². The lowest BCUT2D eigenvalue weighted by atomic mass is 10.1. The molecule has 1 aliphatic rings. The van der Waals surface area contributed by atoms with Crippen LogP contribution in [-0.4, -0.2) is 42.6 Å². The molecule has 0 saturated heterocycles. The Kier molecular flexibility index (Phi) is 5.58. The Labute approximate surface area is 165 Å². The number of anilines is 5. The van der Waals surface area contributed by atoms with Gasteiger partial charge < -0.3 is 25.6 Å². The average molecular weight is 384 g/mol. The number of aromatic nitrogens is 2. The molecule has 0 saturated carbocycles. The summed E-state index contributed by atoms with van der Waals surface area (Å²) in [5, 5.41) is 3.19. The minimum Gasteiger partial charge on any atom is -0.494 e. The minimum atomic E-state index is -0.273. The normalized spacial score (nSPS) is 16.4. The molecule has 8 heteroatoms. The zero-order chi connectivity index (χ0) is 20.4. The van der Waals surface area contributed by atoms with E-state index in [4.69, 9.17) is 15.5 Å². The van der Waals surface area contributed by atoms with Gasteiger partial charge in [-0.1, -0.05) is 13.8 Å². The number of hydrogen-bond acceptors (Lipinski definition) is 7. The van der Waals surface area contributed by atoms with Crippen LogP contribution in [0.25, 0.3) is 0 Å². The van der Waals surface area contributed by atoms with Crippen molar-refractivity contribution in [2.75, 3.05) is 41.6 Å². The number of nitrogens with two attached hydrogens (primary N) is 1. The summed E-state index contributed by atoms with van der Waals surface area (Å²) < 4.78 is 5.38. The van der Waals surface area contributed by atoms with E-state index in [9.17, 15) is 4.79 Å². The number of fused-ring (bicyclic) bond motifs is 1. The van der Waals surface area contributed by atoms with Gasteiger partial charge in [0.2, 0.25) is 11.9 Å². The summed E-state index contributed by atoms with van der Waals surface area (Å²) >= 11 is 0. The van der Waals surface area contributed by atoms with Gasteiger partial charge in [-0.25, -0.2) is 4.98 Å². The smallest absolute Gasteiger partial charge is 0.249 e. The Morgan fingerprint density at radius 2 is 2.11 bits per heavy atom. The van der Waals surface area contributed by atoms with E-state index in [0.717, 1.165) is 24.5 Å². The number of hydrogen-bond donors (Lipinski definition) is 2. The monoisotopic (exact) mass is 384 g/mol. The molecule has 0 spiro atoms. The maximum Gasteiger partial charge on any atom is 0.249 e. The van der Waals surface area contributed by atoms with E-state index >= 15 is 0 Å². The van der Waals surface area contributed by atoms with Gasteiger partial charge in [0.05, 0.1) is 19.0 Å². The third-order valence-electron chi connectivity index (χ3n) is 4.96. The van der Waals surface area contributed by atoms with Gasteiger partial charge in [-0.15, -0.1) is 0 Å². The zero-order valence-corrected chi connectivity index (χ0v) is 17.1. The average Bonchev–Trinajstić information content (AvgIpc) is 2.67. The third-order valence-corrected chi connectivity index (χ3v) is 4.96. The molecule has 1 atom stereocenters. The van der Waals surface area contributed by atoms with Crippen molar-refractivity contribution in [1.29, 1.82) is 0 Å². The second kappa shape index (κ2) is 7.92. The molecule has 3 rings (SSSR count). The van der Waals surface area contributed by atoms with Crippen LogP contribution >= 0.6 is 0 Å². The molecule has 1 aromatic carbocycles. The van der Waals surface area contributed by atoms with E-state index in [0.29, 0.717) is 29.0 Å². The number of carbonyl (C=O) groups excluding carboxylic acids is 1. The number of ether oxygens (including phenoxy) is 1. The summed E-state index contributed by atoms with van der Waals surface area (Å²) in [5.41, 5.74) is 7.87. The van der Waals surface area contributed by atoms with E-state index in [1.54, 1.807) is 37.4 Å². The number of methoxy groups -OCH3 is 1. The fraction of sp³-hybridized carbons (Fsp3) is 0.450. The molecule has 0 bridgehead atoms. The van der Waals surface area contributed by atoms with E-state index in [1.165, 1.54) is 0 Å². The van der Waals surface area contributed by atoms with E-state index in [2.05, 4.69) is 29.0 Å². The lowest BCUT2D eigenvalue weighted by molar-refractivity contribution is -0.119. The Bertz CT molecular complexity index is 870. The molecule has 0 fully saturated rings. The van der Waals surface area contributed by atoms with Gasteiger partial charge >= 0.3 is 0 Å². The summed E-state index contributed by atoms with van der Waals surface area (Å²) in [5.74, 6) is 2.37. The van der Waals surface area contributed by atoms with E-state index in [1.807, 2.05) is 13.0 Å². The SMILES string of the molecule is COc1cc(N)ccc1Nc1ncc2c(n1)N(CCC(C)C)[C@H](C)C(=O)N2C. The minimum absolute atomic E-state index is 0.0424. The highest BCUT2D eigenvalue weighted by molar-refractivity contribution is 6.04. The predicted molar refractivity (Wildman–Crippen MR) is 112 cm³/mol. The van der Waals surface area contributed by atoms with Crippen LogP contribution in [-0.2, 0) is 4.79 Å². The van der Waals surface area contributed by atoms with Crippen LogP contribution in [0.5, 0.6) is 5.75 Å². The van der Waals surface area contributed by atoms with Crippen LogP contribution in [0.15, 0.2) is 24.4 Å². The van der Waals surface area contributed by atoms with Crippen molar-refractivity contribution in [2.24, 2.45) is 5.92 Å². The van der Waals surface area contributed by atoms with Crippen LogP contribution in [0, 0.1) is 5.92 Å². The summed E-state index contributed by atoms with van der Waals surface area (Å²) in [7, 11) is 3.35. The molecule has 2 heterocycles. The maximum absolute atomic E-state index is 12.6. The van der Waals surface area contributed by atoms with Crippen LogP contribution in [0.4, 0.5) is 28.8 Å². The van der Waals surface area contributed by atoms with Crippen molar-refractivity contribution >= 4 is 34.7 Å². The molecule has 3 N–H and O–H groups in total. The maximum atomic E-state index is 12.6. The fourth-order valence-electron chi connectivity index (χ4n) is 3.22. The number of nitrogen functional groups attached to an aromatic ring is 1. The van der Waals surface area contributed by atoms with Gasteiger partial charge in [0.15, 0.2) is 5.82 Å². The van der Waals surface area contributed by atoms with Crippen LogP contribution in [0.1, 0.15) is 27.2 Å². The molecule has 0 aliphatic carbocycles. The van der Waals surface area contributed by atoms with Crippen molar-refractivity contribution < 1.29 is 9.53 Å². The Hall–Kier alpha value is -3.03. The molecule has 8 nitrogen and oxygen atoms in total. The molecule has 0 unspecified atom stereocenters. The second-order valence-corrected chi connectivity index (χ2v) is 7.44.